The Morgan fingerprint density at radius 2 is 1.86 bits per heavy atom. The van der Waals surface area contributed by atoms with E-state index in [1.165, 1.54) is 11.8 Å². The number of nitrogens with zero attached hydrogens (tertiary/aromatic N) is 2. The van der Waals surface area contributed by atoms with E-state index in [2.05, 4.69) is 0 Å². The minimum absolute atomic E-state index is 0.140. The summed E-state index contributed by atoms with van der Waals surface area (Å²) in [5.74, 6) is -0.411. The van der Waals surface area contributed by atoms with E-state index in [1.54, 1.807) is 36.3 Å². The molecule has 3 aromatic carbocycles. The fourth-order valence-corrected chi connectivity index (χ4v) is 5.44. The van der Waals surface area contributed by atoms with Crippen molar-refractivity contribution in [2.24, 2.45) is 0 Å². The summed E-state index contributed by atoms with van der Waals surface area (Å²) in [6, 6.07) is 24.3. The highest BCUT2D eigenvalue weighted by Gasteiger charge is 2.31. The van der Waals surface area contributed by atoms with Crippen LogP contribution in [0.3, 0.4) is 0 Å². The second kappa shape index (κ2) is 10.5. The molecule has 1 fully saturated rings. The third-order valence-electron chi connectivity index (χ3n) is 6.09. The molecule has 0 radical (unpaired) electrons. The number of methoxy groups -OCH3 is 1. The second-order valence-corrected chi connectivity index (χ2v) is 10.1. The molecular formula is C29H22N2O4S2. The van der Waals surface area contributed by atoms with E-state index in [9.17, 15) is 9.59 Å². The fraction of sp³-hybridized carbons (Fsp3) is 0.103. The standard InChI is InChI=1S/C29H22N2O4S2/c1-35-25-13-8-19(16-22(25)24-12-11-20-4-2-3-5-23(20)30-24)17-26-27(32)31(29(36)37-26)15-14-18-6-9-21(10-7-18)28(33)34/h2-13,16-17H,14-15H2,1H3,(H,33,34). The summed E-state index contributed by atoms with van der Waals surface area (Å²) >= 11 is 6.76. The smallest absolute Gasteiger partial charge is 0.335 e. The molecule has 1 aliphatic rings. The number of fused-ring (bicyclic) bond motifs is 1. The molecule has 1 N–H and O–H groups in total. The summed E-state index contributed by atoms with van der Waals surface area (Å²) in [6.07, 6.45) is 2.41. The lowest BCUT2D eigenvalue weighted by Crippen LogP contribution is -2.30. The summed E-state index contributed by atoms with van der Waals surface area (Å²) in [5.41, 5.74) is 4.52. The first-order chi connectivity index (χ1) is 17.9. The number of hydrogen-bond donors (Lipinski definition) is 1. The maximum atomic E-state index is 13.1. The molecule has 5 rings (SSSR count). The van der Waals surface area contributed by atoms with E-state index in [0.29, 0.717) is 27.9 Å². The topological polar surface area (TPSA) is 79.7 Å². The number of rotatable bonds is 7. The van der Waals surface area contributed by atoms with Gasteiger partial charge < -0.3 is 9.84 Å². The molecule has 1 aromatic heterocycles. The Balaban J connectivity index is 1.37. The summed E-state index contributed by atoms with van der Waals surface area (Å²) < 4.78 is 6.10. The molecule has 6 nitrogen and oxygen atoms in total. The number of aromatic carboxylic acids is 1. The van der Waals surface area contributed by atoms with Crippen LogP contribution in [0.15, 0.2) is 83.8 Å². The molecule has 8 heteroatoms. The lowest BCUT2D eigenvalue weighted by atomic mass is 10.0. The molecule has 37 heavy (non-hydrogen) atoms. The number of carbonyl (C=O) groups is 2. The monoisotopic (exact) mass is 526 g/mol. The zero-order valence-electron chi connectivity index (χ0n) is 19.9. The van der Waals surface area contributed by atoms with Crippen molar-refractivity contribution >= 4 is 57.2 Å². The molecule has 0 bridgehead atoms. The molecular weight excluding hydrogens is 504 g/mol. The zero-order valence-corrected chi connectivity index (χ0v) is 21.5. The van der Waals surface area contributed by atoms with Crippen molar-refractivity contribution < 1.29 is 19.4 Å². The Morgan fingerprint density at radius 1 is 1.08 bits per heavy atom. The Bertz CT molecular complexity index is 1560. The van der Waals surface area contributed by atoms with Gasteiger partial charge in [0, 0.05) is 17.5 Å². The number of para-hydroxylation sites is 1. The number of carbonyl (C=O) groups excluding carboxylic acids is 1. The minimum atomic E-state index is -0.966. The average Bonchev–Trinajstić information content (AvgIpc) is 3.18. The summed E-state index contributed by atoms with van der Waals surface area (Å²) in [4.78, 5) is 31.1. The van der Waals surface area contributed by atoms with Crippen LogP contribution < -0.4 is 4.74 Å². The Labute approximate surface area is 223 Å². The molecule has 1 aliphatic heterocycles. The number of thioether (sulfide) groups is 1. The number of benzene rings is 3. The molecule has 1 amide bonds. The van der Waals surface area contributed by atoms with Gasteiger partial charge in [-0.2, -0.15) is 0 Å². The third kappa shape index (κ3) is 5.26. The van der Waals surface area contributed by atoms with Gasteiger partial charge in [0.15, 0.2) is 0 Å². The SMILES string of the molecule is COc1ccc(C=C2SC(=S)N(CCc3ccc(C(=O)O)cc3)C2=O)cc1-c1ccc2ccccc2n1. The molecule has 1 saturated heterocycles. The third-order valence-corrected chi connectivity index (χ3v) is 7.47. The van der Waals surface area contributed by atoms with E-state index in [1.807, 2.05) is 60.7 Å². The average molecular weight is 527 g/mol. The Morgan fingerprint density at radius 3 is 2.62 bits per heavy atom. The van der Waals surface area contributed by atoms with Crippen LogP contribution in [0.2, 0.25) is 0 Å². The highest BCUT2D eigenvalue weighted by Crippen LogP contribution is 2.35. The molecule has 4 aromatic rings. The van der Waals surface area contributed by atoms with Crippen LogP contribution in [0, 0.1) is 0 Å². The number of thiocarbonyl (C=S) groups is 1. The Kier molecular flexibility index (Phi) is 7.03. The number of hydrogen-bond acceptors (Lipinski definition) is 6. The lowest BCUT2D eigenvalue weighted by molar-refractivity contribution is -0.122. The van der Waals surface area contributed by atoms with Gasteiger partial charge in [0.1, 0.15) is 10.1 Å². The van der Waals surface area contributed by atoms with E-state index in [0.717, 1.165) is 33.3 Å². The number of carboxylic acids is 1. The van der Waals surface area contributed by atoms with Crippen LogP contribution in [0.25, 0.3) is 28.2 Å². The second-order valence-electron chi connectivity index (χ2n) is 8.43. The van der Waals surface area contributed by atoms with Crippen molar-refractivity contribution in [1.29, 1.82) is 0 Å². The zero-order chi connectivity index (χ0) is 25.9. The van der Waals surface area contributed by atoms with Crippen LogP contribution in [0.4, 0.5) is 0 Å². The summed E-state index contributed by atoms with van der Waals surface area (Å²) in [5, 5.41) is 10.1. The molecule has 0 aliphatic carbocycles. The largest absolute Gasteiger partial charge is 0.496 e. The number of aromatic nitrogens is 1. The van der Waals surface area contributed by atoms with E-state index in [-0.39, 0.29) is 11.5 Å². The van der Waals surface area contributed by atoms with Crippen molar-refractivity contribution in [2.45, 2.75) is 6.42 Å². The van der Waals surface area contributed by atoms with Crippen molar-refractivity contribution in [2.75, 3.05) is 13.7 Å². The number of ether oxygens (including phenoxy) is 1. The number of pyridine rings is 1. The van der Waals surface area contributed by atoms with E-state index in [4.69, 9.17) is 27.0 Å². The van der Waals surface area contributed by atoms with Crippen LogP contribution >= 0.6 is 24.0 Å². The van der Waals surface area contributed by atoms with Gasteiger partial charge in [0.05, 0.1) is 28.8 Å². The van der Waals surface area contributed by atoms with Gasteiger partial charge in [-0.1, -0.05) is 66.4 Å². The van der Waals surface area contributed by atoms with Crippen molar-refractivity contribution in [3.63, 3.8) is 0 Å². The first-order valence-electron chi connectivity index (χ1n) is 11.5. The highest BCUT2D eigenvalue weighted by molar-refractivity contribution is 8.26. The van der Waals surface area contributed by atoms with Gasteiger partial charge in [-0.15, -0.1) is 0 Å². The molecule has 0 unspecified atom stereocenters. The highest BCUT2D eigenvalue weighted by atomic mass is 32.2. The molecule has 0 saturated carbocycles. The van der Waals surface area contributed by atoms with Gasteiger partial charge in [-0.3, -0.25) is 9.69 Å². The van der Waals surface area contributed by atoms with Gasteiger partial charge >= 0.3 is 5.97 Å². The van der Waals surface area contributed by atoms with Crippen molar-refractivity contribution in [3.05, 3.63) is 100 Å². The van der Waals surface area contributed by atoms with Crippen molar-refractivity contribution in [3.8, 4) is 17.0 Å². The molecule has 184 valence electrons. The maximum Gasteiger partial charge on any atom is 0.335 e. The van der Waals surface area contributed by atoms with Gasteiger partial charge in [0.2, 0.25) is 0 Å². The van der Waals surface area contributed by atoms with Crippen LogP contribution in [-0.4, -0.2) is 44.8 Å². The molecule has 2 heterocycles. The normalized spacial score (nSPS) is 14.5. The maximum absolute atomic E-state index is 13.1. The lowest BCUT2D eigenvalue weighted by Gasteiger charge is -2.14. The molecule has 0 spiro atoms. The summed E-state index contributed by atoms with van der Waals surface area (Å²) in [6.45, 7) is 0.420. The van der Waals surface area contributed by atoms with Gasteiger partial charge in [-0.25, -0.2) is 9.78 Å². The predicted octanol–water partition coefficient (Wildman–Crippen LogP) is 6.05. The van der Waals surface area contributed by atoms with Gasteiger partial charge in [0.25, 0.3) is 5.91 Å². The number of carboxylic acid groups (broad SMARTS) is 1. The Hall–Kier alpha value is -4.01. The van der Waals surface area contributed by atoms with Crippen LogP contribution in [-0.2, 0) is 11.2 Å². The fourth-order valence-electron chi connectivity index (χ4n) is 4.13. The van der Waals surface area contributed by atoms with Gasteiger partial charge in [-0.05, 0) is 60.0 Å². The quantitative estimate of drug-likeness (QED) is 0.232. The van der Waals surface area contributed by atoms with Crippen molar-refractivity contribution in [1.82, 2.24) is 9.88 Å². The van der Waals surface area contributed by atoms with Crippen LogP contribution in [0.1, 0.15) is 21.5 Å². The minimum Gasteiger partial charge on any atom is -0.496 e. The van der Waals surface area contributed by atoms with E-state index < -0.39 is 5.97 Å². The molecule has 0 atom stereocenters. The first kappa shape index (κ1) is 24.7. The number of amides is 1. The summed E-state index contributed by atoms with van der Waals surface area (Å²) in [7, 11) is 1.62. The van der Waals surface area contributed by atoms with E-state index >= 15 is 0 Å². The predicted molar refractivity (Wildman–Crippen MR) is 151 cm³/mol. The first-order valence-corrected chi connectivity index (χ1v) is 12.8. The van der Waals surface area contributed by atoms with Crippen LogP contribution in [0.5, 0.6) is 5.75 Å².